The molecule has 0 heterocycles. The van der Waals surface area contributed by atoms with Crippen molar-refractivity contribution in [3.05, 3.63) is 119 Å². The highest BCUT2D eigenvalue weighted by Crippen LogP contribution is 2.43. The molecular formula is C25H16O5. The number of carbonyl (C=O) groups excluding carboxylic acids is 2. The minimum atomic E-state index is -1.96. The maximum atomic E-state index is 13.3. The van der Waals surface area contributed by atoms with Gasteiger partial charge in [-0.1, -0.05) is 84.9 Å². The van der Waals surface area contributed by atoms with E-state index < -0.39 is 11.8 Å². The zero-order valence-electron chi connectivity index (χ0n) is 15.7. The monoisotopic (exact) mass is 396 g/mol. The fourth-order valence-corrected chi connectivity index (χ4v) is 4.04. The van der Waals surface area contributed by atoms with Gasteiger partial charge in [-0.25, -0.2) is 10.1 Å². The Morgan fingerprint density at radius 2 is 1.30 bits per heavy atom. The van der Waals surface area contributed by atoms with E-state index in [0.717, 1.165) is 5.39 Å². The summed E-state index contributed by atoms with van der Waals surface area (Å²) in [5.74, 6) is -2.87. The summed E-state index contributed by atoms with van der Waals surface area (Å²) in [6, 6.07) is 26.0. The van der Waals surface area contributed by atoms with Crippen LogP contribution in [0.3, 0.4) is 0 Å². The number of benzene rings is 4. The standard InChI is InChI=1S/C25H16O5/c26-23-19-11-3-5-14-21(19)25(30-28,22-15-6-4-12-20(22)23)29-24(27)18-13-7-9-16-8-1-2-10-17(16)18/h1-15,28H. The molecule has 0 atom stereocenters. The Hall–Kier alpha value is -3.80. The molecule has 0 radical (unpaired) electrons. The summed E-state index contributed by atoms with van der Waals surface area (Å²) in [4.78, 5) is 31.1. The van der Waals surface area contributed by atoms with E-state index in [2.05, 4.69) is 0 Å². The summed E-state index contributed by atoms with van der Waals surface area (Å²) in [7, 11) is 0. The lowest BCUT2D eigenvalue weighted by Gasteiger charge is -2.36. The van der Waals surface area contributed by atoms with Crippen LogP contribution in [0.5, 0.6) is 0 Å². The van der Waals surface area contributed by atoms with E-state index in [-0.39, 0.29) is 16.9 Å². The molecule has 146 valence electrons. The van der Waals surface area contributed by atoms with E-state index in [4.69, 9.17) is 9.62 Å². The highest BCUT2D eigenvalue weighted by Gasteiger charge is 2.49. The van der Waals surface area contributed by atoms with Gasteiger partial charge in [0.25, 0.3) is 5.79 Å². The van der Waals surface area contributed by atoms with Crippen LogP contribution < -0.4 is 0 Å². The first-order valence-corrected chi connectivity index (χ1v) is 9.43. The van der Waals surface area contributed by atoms with Crippen molar-refractivity contribution in [2.24, 2.45) is 0 Å². The maximum absolute atomic E-state index is 13.3. The molecule has 5 heteroatoms. The van der Waals surface area contributed by atoms with Gasteiger partial charge in [0.15, 0.2) is 5.78 Å². The summed E-state index contributed by atoms with van der Waals surface area (Å²) in [6.07, 6.45) is 0. The minimum Gasteiger partial charge on any atom is -0.418 e. The lowest BCUT2D eigenvalue weighted by atomic mass is 9.80. The molecule has 0 saturated carbocycles. The van der Waals surface area contributed by atoms with E-state index in [1.807, 2.05) is 30.3 Å². The fourth-order valence-electron chi connectivity index (χ4n) is 4.04. The van der Waals surface area contributed by atoms with Crippen molar-refractivity contribution >= 4 is 22.5 Å². The van der Waals surface area contributed by atoms with Gasteiger partial charge < -0.3 is 4.74 Å². The third-order valence-electron chi connectivity index (χ3n) is 5.43. The van der Waals surface area contributed by atoms with Crippen molar-refractivity contribution in [1.82, 2.24) is 0 Å². The number of ether oxygens (including phenoxy) is 1. The number of esters is 1. The van der Waals surface area contributed by atoms with Gasteiger partial charge in [-0.2, -0.15) is 4.89 Å². The fraction of sp³-hybridized carbons (Fsp3) is 0.0400. The van der Waals surface area contributed by atoms with E-state index in [1.165, 1.54) is 0 Å². The van der Waals surface area contributed by atoms with Gasteiger partial charge in [0, 0.05) is 22.3 Å². The van der Waals surface area contributed by atoms with Gasteiger partial charge in [0.1, 0.15) is 0 Å². The molecule has 0 aliphatic heterocycles. The second-order valence-electron chi connectivity index (χ2n) is 7.04. The smallest absolute Gasteiger partial charge is 0.341 e. The van der Waals surface area contributed by atoms with Crippen LogP contribution in [0.2, 0.25) is 0 Å². The predicted molar refractivity (Wildman–Crippen MR) is 110 cm³/mol. The summed E-state index contributed by atoms with van der Waals surface area (Å²) < 4.78 is 5.86. The first-order chi connectivity index (χ1) is 14.7. The second kappa shape index (κ2) is 6.91. The average molecular weight is 396 g/mol. The summed E-state index contributed by atoms with van der Waals surface area (Å²) in [5, 5.41) is 11.6. The molecule has 1 aliphatic rings. The Labute approximate surface area is 172 Å². The summed E-state index contributed by atoms with van der Waals surface area (Å²) in [5.41, 5.74) is 1.47. The average Bonchev–Trinajstić information content (AvgIpc) is 2.81. The van der Waals surface area contributed by atoms with Crippen LogP contribution in [0, 0.1) is 0 Å². The Kier molecular flexibility index (Phi) is 4.20. The quantitative estimate of drug-likeness (QED) is 0.230. The summed E-state index contributed by atoms with van der Waals surface area (Å²) >= 11 is 0. The normalized spacial score (nSPS) is 14.1. The molecule has 0 saturated heterocycles. The number of rotatable bonds is 3. The predicted octanol–water partition coefficient (Wildman–Crippen LogP) is 4.93. The lowest BCUT2D eigenvalue weighted by molar-refractivity contribution is -0.380. The molecule has 0 aromatic heterocycles. The molecule has 1 N–H and O–H groups in total. The molecule has 0 amide bonds. The molecule has 0 bridgehead atoms. The van der Waals surface area contributed by atoms with Crippen molar-refractivity contribution in [1.29, 1.82) is 0 Å². The third kappa shape index (κ3) is 2.57. The molecule has 4 aromatic rings. The Morgan fingerprint density at radius 3 is 1.97 bits per heavy atom. The molecule has 30 heavy (non-hydrogen) atoms. The largest absolute Gasteiger partial charge is 0.418 e. The van der Waals surface area contributed by atoms with Gasteiger partial charge in [0.05, 0.1) is 5.56 Å². The zero-order chi connectivity index (χ0) is 20.7. The molecule has 0 fully saturated rings. The topological polar surface area (TPSA) is 72.8 Å². The van der Waals surface area contributed by atoms with E-state index in [1.54, 1.807) is 60.7 Å². The maximum Gasteiger partial charge on any atom is 0.341 e. The van der Waals surface area contributed by atoms with Crippen molar-refractivity contribution in [2.45, 2.75) is 5.79 Å². The molecular weight excluding hydrogens is 380 g/mol. The Balaban J connectivity index is 1.70. The molecule has 5 nitrogen and oxygen atoms in total. The third-order valence-corrected chi connectivity index (χ3v) is 5.43. The van der Waals surface area contributed by atoms with Crippen molar-refractivity contribution < 1.29 is 24.5 Å². The number of carbonyl (C=O) groups is 2. The zero-order valence-corrected chi connectivity index (χ0v) is 15.7. The van der Waals surface area contributed by atoms with Gasteiger partial charge in [0.2, 0.25) is 0 Å². The van der Waals surface area contributed by atoms with Crippen LogP contribution in [0.25, 0.3) is 10.8 Å². The van der Waals surface area contributed by atoms with Crippen LogP contribution in [0.15, 0.2) is 91.0 Å². The van der Waals surface area contributed by atoms with E-state index >= 15 is 0 Å². The van der Waals surface area contributed by atoms with Crippen LogP contribution in [-0.2, 0) is 15.4 Å². The number of hydrogen-bond donors (Lipinski definition) is 1. The number of fused-ring (bicyclic) bond motifs is 3. The van der Waals surface area contributed by atoms with Crippen LogP contribution >= 0.6 is 0 Å². The highest BCUT2D eigenvalue weighted by atomic mass is 17.1. The molecule has 4 aromatic carbocycles. The van der Waals surface area contributed by atoms with Crippen molar-refractivity contribution in [2.75, 3.05) is 0 Å². The Bertz CT molecular complexity index is 1250. The van der Waals surface area contributed by atoms with Crippen molar-refractivity contribution in [3.8, 4) is 0 Å². The number of hydrogen-bond acceptors (Lipinski definition) is 5. The van der Waals surface area contributed by atoms with Crippen molar-refractivity contribution in [3.63, 3.8) is 0 Å². The van der Waals surface area contributed by atoms with Crippen LogP contribution in [0.4, 0.5) is 0 Å². The lowest BCUT2D eigenvalue weighted by Crippen LogP contribution is -2.41. The SMILES string of the molecule is O=C1c2ccccc2C(OO)(OC(=O)c2cccc3ccccc23)c2ccccc21. The molecule has 5 rings (SSSR count). The van der Waals surface area contributed by atoms with Crippen LogP contribution in [0.1, 0.15) is 37.4 Å². The summed E-state index contributed by atoms with van der Waals surface area (Å²) in [6.45, 7) is 0. The van der Waals surface area contributed by atoms with Gasteiger partial charge in [-0.3, -0.25) is 4.79 Å². The first kappa shape index (κ1) is 18.2. The number of ketones is 1. The van der Waals surface area contributed by atoms with Gasteiger partial charge in [-0.15, -0.1) is 0 Å². The van der Waals surface area contributed by atoms with Crippen LogP contribution in [-0.4, -0.2) is 17.0 Å². The van der Waals surface area contributed by atoms with E-state index in [0.29, 0.717) is 22.1 Å². The molecule has 1 aliphatic carbocycles. The second-order valence-corrected chi connectivity index (χ2v) is 7.04. The first-order valence-electron chi connectivity index (χ1n) is 9.43. The van der Waals surface area contributed by atoms with Gasteiger partial charge in [-0.05, 0) is 16.8 Å². The molecule has 0 unspecified atom stereocenters. The van der Waals surface area contributed by atoms with Gasteiger partial charge >= 0.3 is 5.97 Å². The minimum absolute atomic E-state index is 0.227. The Morgan fingerprint density at radius 1 is 0.733 bits per heavy atom. The highest BCUT2D eigenvalue weighted by molar-refractivity contribution is 6.13. The van der Waals surface area contributed by atoms with E-state index in [9.17, 15) is 14.8 Å². The molecule has 0 spiro atoms.